The summed E-state index contributed by atoms with van der Waals surface area (Å²) in [4.78, 5) is 10.3. The number of nitrogens with one attached hydrogen (secondary N) is 1. The Kier molecular flexibility index (Phi) is 8.98. The highest BCUT2D eigenvalue weighted by molar-refractivity contribution is 5.85. The zero-order chi connectivity index (χ0) is 7.98. The zero-order valence-corrected chi connectivity index (χ0v) is 6.99. The van der Waals surface area contributed by atoms with E-state index in [9.17, 15) is 9.18 Å². The molecule has 0 aliphatic carbocycles. The first-order valence-corrected chi connectivity index (χ1v) is 2.89. The molecule has 1 atom stereocenters. The van der Waals surface area contributed by atoms with Gasteiger partial charge in [0.05, 0.1) is 0 Å². The van der Waals surface area contributed by atoms with Crippen LogP contribution < -0.4 is 11.1 Å². The number of halogens is 2. The predicted octanol–water partition coefficient (Wildman–Crippen LogP) is 0.0610. The lowest BCUT2D eigenvalue weighted by Gasteiger charge is -2.05. The molecule has 0 radical (unpaired) electrons. The summed E-state index contributed by atoms with van der Waals surface area (Å²) in [7, 11) is 1.40. The summed E-state index contributed by atoms with van der Waals surface area (Å²) in [5.41, 5.74) is 4.91. The van der Waals surface area contributed by atoms with Crippen molar-refractivity contribution in [2.45, 2.75) is 6.17 Å². The maximum Gasteiger partial charge on any atom is 0.406 e. The SMILES string of the molecule is CNC(=O)OC[C@H](F)CN.Cl. The quantitative estimate of drug-likeness (QED) is 0.655. The molecule has 0 unspecified atom stereocenters. The van der Waals surface area contributed by atoms with Crippen molar-refractivity contribution < 1.29 is 13.9 Å². The van der Waals surface area contributed by atoms with E-state index in [1.54, 1.807) is 0 Å². The largest absolute Gasteiger partial charge is 0.446 e. The van der Waals surface area contributed by atoms with Crippen molar-refractivity contribution >= 4 is 18.5 Å². The van der Waals surface area contributed by atoms with Gasteiger partial charge in [0.2, 0.25) is 0 Å². The third-order valence-electron chi connectivity index (χ3n) is 0.855. The predicted molar refractivity (Wildman–Crippen MR) is 41.6 cm³/mol. The monoisotopic (exact) mass is 186 g/mol. The minimum Gasteiger partial charge on any atom is -0.446 e. The number of alkyl halides is 1. The van der Waals surface area contributed by atoms with Crippen molar-refractivity contribution in [1.29, 1.82) is 0 Å². The van der Waals surface area contributed by atoms with Gasteiger partial charge in [0.25, 0.3) is 0 Å². The lowest BCUT2D eigenvalue weighted by molar-refractivity contribution is 0.116. The number of carbonyl (C=O) groups is 1. The fraction of sp³-hybridized carbons (Fsp3) is 0.800. The minimum absolute atomic E-state index is 0. The topological polar surface area (TPSA) is 64.3 Å². The second kappa shape index (κ2) is 7.56. The van der Waals surface area contributed by atoms with E-state index >= 15 is 0 Å². The molecular weight excluding hydrogens is 175 g/mol. The first-order valence-electron chi connectivity index (χ1n) is 2.89. The first kappa shape index (κ1) is 13.1. The Balaban J connectivity index is 0. The van der Waals surface area contributed by atoms with E-state index in [2.05, 4.69) is 10.1 Å². The van der Waals surface area contributed by atoms with E-state index in [0.717, 1.165) is 0 Å². The standard InChI is InChI=1S/C5H11FN2O2.ClH/c1-8-5(9)10-3-4(6)2-7;/h4H,2-3,7H2,1H3,(H,8,9);1H/t4-;/m1./s1. The molecule has 0 aliphatic heterocycles. The van der Waals surface area contributed by atoms with Crippen LogP contribution in [0.4, 0.5) is 9.18 Å². The molecule has 0 aromatic carbocycles. The van der Waals surface area contributed by atoms with Gasteiger partial charge in [-0.25, -0.2) is 9.18 Å². The lowest BCUT2D eigenvalue weighted by atomic mass is 10.4. The van der Waals surface area contributed by atoms with Gasteiger partial charge in [-0.1, -0.05) is 0 Å². The van der Waals surface area contributed by atoms with Crippen LogP contribution in [0, 0.1) is 0 Å². The number of nitrogens with two attached hydrogens (primary N) is 1. The van der Waals surface area contributed by atoms with Gasteiger partial charge in [0.1, 0.15) is 12.8 Å². The van der Waals surface area contributed by atoms with Gasteiger partial charge in [-0.15, -0.1) is 12.4 Å². The molecule has 0 aromatic rings. The molecule has 6 heteroatoms. The molecule has 0 aromatic heterocycles. The fourth-order valence-electron chi connectivity index (χ4n) is 0.306. The van der Waals surface area contributed by atoms with Crippen LogP contribution in [0.2, 0.25) is 0 Å². The van der Waals surface area contributed by atoms with Crippen molar-refractivity contribution in [3.05, 3.63) is 0 Å². The molecule has 0 saturated carbocycles. The average Bonchev–Trinajstić information content (AvgIpc) is 1.99. The van der Waals surface area contributed by atoms with Crippen LogP contribution in [0.25, 0.3) is 0 Å². The van der Waals surface area contributed by atoms with Gasteiger partial charge >= 0.3 is 6.09 Å². The van der Waals surface area contributed by atoms with Gasteiger partial charge in [-0.05, 0) is 0 Å². The molecule has 0 heterocycles. The molecule has 0 saturated heterocycles. The molecular formula is C5H12ClFN2O2. The van der Waals surface area contributed by atoms with E-state index in [4.69, 9.17) is 5.73 Å². The van der Waals surface area contributed by atoms with Gasteiger partial charge in [-0.2, -0.15) is 0 Å². The van der Waals surface area contributed by atoms with Crippen molar-refractivity contribution in [3.63, 3.8) is 0 Å². The van der Waals surface area contributed by atoms with Crippen LogP contribution in [-0.4, -0.2) is 32.5 Å². The molecule has 0 aliphatic rings. The number of hydrogen-bond acceptors (Lipinski definition) is 3. The van der Waals surface area contributed by atoms with Crippen molar-refractivity contribution in [1.82, 2.24) is 5.32 Å². The molecule has 0 bridgehead atoms. The van der Waals surface area contributed by atoms with Crippen LogP contribution in [0.1, 0.15) is 0 Å². The summed E-state index contributed by atoms with van der Waals surface area (Å²) in [5, 5.41) is 2.18. The number of rotatable bonds is 3. The minimum atomic E-state index is -1.27. The van der Waals surface area contributed by atoms with Gasteiger partial charge in [-0.3, -0.25) is 0 Å². The van der Waals surface area contributed by atoms with E-state index in [-0.39, 0.29) is 25.6 Å². The fourth-order valence-corrected chi connectivity index (χ4v) is 0.306. The summed E-state index contributed by atoms with van der Waals surface area (Å²) in [6, 6.07) is 0. The van der Waals surface area contributed by atoms with Crippen molar-refractivity contribution in [3.8, 4) is 0 Å². The summed E-state index contributed by atoms with van der Waals surface area (Å²) >= 11 is 0. The average molecular weight is 187 g/mol. The summed E-state index contributed by atoms with van der Waals surface area (Å²) in [6.45, 7) is -0.410. The summed E-state index contributed by atoms with van der Waals surface area (Å²) in [6.07, 6.45) is -1.91. The van der Waals surface area contributed by atoms with Crippen molar-refractivity contribution in [2.24, 2.45) is 5.73 Å². The van der Waals surface area contributed by atoms with Crippen LogP contribution in [0.3, 0.4) is 0 Å². The maximum atomic E-state index is 12.2. The van der Waals surface area contributed by atoms with Crippen molar-refractivity contribution in [2.75, 3.05) is 20.2 Å². The van der Waals surface area contributed by atoms with E-state index in [0.29, 0.717) is 0 Å². The van der Waals surface area contributed by atoms with Gasteiger partial charge < -0.3 is 15.8 Å². The highest BCUT2D eigenvalue weighted by Crippen LogP contribution is 1.88. The maximum absolute atomic E-state index is 12.2. The molecule has 4 nitrogen and oxygen atoms in total. The van der Waals surface area contributed by atoms with Crippen LogP contribution in [0.15, 0.2) is 0 Å². The Morgan fingerprint density at radius 2 is 2.36 bits per heavy atom. The Labute approximate surface area is 70.7 Å². The normalized spacial score (nSPS) is 11.2. The third kappa shape index (κ3) is 7.35. The second-order valence-electron chi connectivity index (χ2n) is 1.68. The molecule has 3 N–H and O–H groups in total. The molecule has 1 amide bonds. The van der Waals surface area contributed by atoms with Crippen LogP contribution in [0.5, 0.6) is 0 Å². The van der Waals surface area contributed by atoms with E-state index in [1.165, 1.54) is 7.05 Å². The third-order valence-corrected chi connectivity index (χ3v) is 0.855. The lowest BCUT2D eigenvalue weighted by Crippen LogP contribution is -2.27. The summed E-state index contributed by atoms with van der Waals surface area (Å²) < 4.78 is 16.5. The molecule has 0 fully saturated rings. The summed E-state index contributed by atoms with van der Waals surface area (Å²) in [5.74, 6) is 0. The number of alkyl carbamates (subject to hydrolysis) is 1. The van der Waals surface area contributed by atoms with E-state index < -0.39 is 12.3 Å². The zero-order valence-electron chi connectivity index (χ0n) is 6.17. The van der Waals surface area contributed by atoms with Gasteiger partial charge in [0, 0.05) is 13.6 Å². The second-order valence-corrected chi connectivity index (χ2v) is 1.68. The number of hydrogen-bond donors (Lipinski definition) is 2. The number of ether oxygens (including phenoxy) is 1. The number of carbonyl (C=O) groups excluding carboxylic acids is 1. The molecule has 68 valence electrons. The Morgan fingerprint density at radius 1 is 1.82 bits per heavy atom. The van der Waals surface area contributed by atoms with Gasteiger partial charge in [0.15, 0.2) is 0 Å². The van der Waals surface area contributed by atoms with Crippen LogP contribution in [-0.2, 0) is 4.74 Å². The highest BCUT2D eigenvalue weighted by Gasteiger charge is 2.05. The Hall–Kier alpha value is -0.550. The molecule has 0 rings (SSSR count). The Morgan fingerprint density at radius 3 is 2.73 bits per heavy atom. The number of amides is 1. The first-order chi connectivity index (χ1) is 4.70. The molecule has 11 heavy (non-hydrogen) atoms. The smallest absolute Gasteiger partial charge is 0.406 e. The highest BCUT2D eigenvalue weighted by atomic mass is 35.5. The molecule has 0 spiro atoms. The Bertz CT molecular complexity index is 115. The van der Waals surface area contributed by atoms with Crippen LogP contribution >= 0.6 is 12.4 Å². The van der Waals surface area contributed by atoms with E-state index in [1.807, 2.05) is 0 Å².